The van der Waals surface area contributed by atoms with Gasteiger partial charge in [0.15, 0.2) is 0 Å². The first-order valence-electron chi connectivity index (χ1n) is 10.3. The van der Waals surface area contributed by atoms with Crippen molar-refractivity contribution in [2.24, 2.45) is 7.05 Å². The standard InChI is InChI=1S/C23H23F2N5O/c1-14-21(15(2)31-28-14)16-8-20-22(26-9-16)19(17-10-27-29(3)11-17)12-30(20)13-23(25)6-4-18(24)5-7-23/h4,8-12H,5-7,13H2,1-3H3. The Balaban J connectivity index is 1.66. The SMILES string of the molecule is Cc1noc(C)c1-c1cnc2c(-c3cnn(C)c3)cn(CC3(F)CC=C(F)CC3)c2c1. The van der Waals surface area contributed by atoms with Crippen LogP contribution in [0.15, 0.2) is 47.3 Å². The Morgan fingerprint density at radius 3 is 2.68 bits per heavy atom. The van der Waals surface area contributed by atoms with E-state index in [9.17, 15) is 4.39 Å². The third-order valence-electron chi connectivity index (χ3n) is 6.01. The van der Waals surface area contributed by atoms with Crippen LogP contribution in [-0.4, -0.2) is 30.2 Å². The van der Waals surface area contributed by atoms with E-state index in [1.807, 2.05) is 43.9 Å². The minimum Gasteiger partial charge on any atom is -0.361 e. The number of aryl methyl sites for hydroxylation is 3. The molecular weight excluding hydrogens is 400 g/mol. The summed E-state index contributed by atoms with van der Waals surface area (Å²) >= 11 is 0. The number of rotatable bonds is 4. The second-order valence-corrected chi connectivity index (χ2v) is 8.37. The highest BCUT2D eigenvalue weighted by Crippen LogP contribution is 2.37. The third kappa shape index (κ3) is 3.45. The molecule has 1 aliphatic rings. The van der Waals surface area contributed by atoms with Crippen molar-refractivity contribution in [3.05, 3.63) is 54.2 Å². The number of nitrogens with zero attached hydrogens (tertiary/aromatic N) is 5. The predicted octanol–water partition coefficient (Wildman–Crippen LogP) is 5.45. The van der Waals surface area contributed by atoms with Crippen LogP contribution in [0, 0.1) is 13.8 Å². The van der Waals surface area contributed by atoms with Crippen molar-refractivity contribution in [1.82, 2.24) is 24.5 Å². The number of halogens is 2. The van der Waals surface area contributed by atoms with Crippen molar-refractivity contribution in [2.75, 3.05) is 0 Å². The van der Waals surface area contributed by atoms with Crippen LogP contribution in [0.2, 0.25) is 0 Å². The summed E-state index contributed by atoms with van der Waals surface area (Å²) in [6.45, 7) is 3.87. The molecule has 0 fully saturated rings. The second kappa shape index (κ2) is 7.14. The van der Waals surface area contributed by atoms with Gasteiger partial charge in [-0.1, -0.05) is 5.16 Å². The molecule has 0 N–H and O–H groups in total. The average Bonchev–Trinajstić information content (AvgIpc) is 3.42. The molecule has 0 radical (unpaired) electrons. The molecule has 0 bridgehead atoms. The van der Waals surface area contributed by atoms with Crippen molar-refractivity contribution < 1.29 is 13.3 Å². The molecule has 0 saturated carbocycles. The van der Waals surface area contributed by atoms with Gasteiger partial charge >= 0.3 is 0 Å². The lowest BCUT2D eigenvalue weighted by molar-refractivity contribution is 0.118. The Morgan fingerprint density at radius 1 is 1.19 bits per heavy atom. The fourth-order valence-electron chi connectivity index (χ4n) is 4.39. The van der Waals surface area contributed by atoms with E-state index in [1.165, 1.54) is 6.08 Å². The van der Waals surface area contributed by atoms with Gasteiger partial charge in [-0.15, -0.1) is 0 Å². The monoisotopic (exact) mass is 423 g/mol. The molecule has 31 heavy (non-hydrogen) atoms. The van der Waals surface area contributed by atoms with Crippen LogP contribution in [0.3, 0.4) is 0 Å². The Morgan fingerprint density at radius 2 is 2.03 bits per heavy atom. The molecule has 160 valence electrons. The van der Waals surface area contributed by atoms with Gasteiger partial charge in [0, 0.05) is 60.7 Å². The quantitative estimate of drug-likeness (QED) is 0.438. The number of allylic oxidation sites excluding steroid dienone is 2. The van der Waals surface area contributed by atoms with Crippen LogP contribution in [0.5, 0.6) is 0 Å². The van der Waals surface area contributed by atoms with Gasteiger partial charge in [-0.25, -0.2) is 8.78 Å². The fourth-order valence-corrected chi connectivity index (χ4v) is 4.39. The summed E-state index contributed by atoms with van der Waals surface area (Å²) in [5.74, 6) is 0.475. The van der Waals surface area contributed by atoms with Gasteiger partial charge in [0.2, 0.25) is 0 Å². The van der Waals surface area contributed by atoms with Crippen LogP contribution in [-0.2, 0) is 13.6 Å². The molecule has 1 aliphatic carbocycles. The normalized spacial score (nSPS) is 19.2. The maximum atomic E-state index is 15.6. The summed E-state index contributed by atoms with van der Waals surface area (Å²) in [7, 11) is 1.85. The minimum absolute atomic E-state index is 0.0672. The van der Waals surface area contributed by atoms with E-state index in [0.717, 1.165) is 39.0 Å². The Labute approximate surface area is 178 Å². The van der Waals surface area contributed by atoms with Crippen LogP contribution in [0.25, 0.3) is 33.3 Å². The highest BCUT2D eigenvalue weighted by molar-refractivity contribution is 5.94. The van der Waals surface area contributed by atoms with Gasteiger partial charge < -0.3 is 9.09 Å². The van der Waals surface area contributed by atoms with Gasteiger partial charge in [0.1, 0.15) is 11.4 Å². The zero-order valence-electron chi connectivity index (χ0n) is 17.7. The summed E-state index contributed by atoms with van der Waals surface area (Å²) in [4.78, 5) is 4.73. The lowest BCUT2D eigenvalue weighted by atomic mass is 9.90. The Kier molecular flexibility index (Phi) is 4.53. The maximum absolute atomic E-state index is 15.6. The minimum atomic E-state index is -1.51. The summed E-state index contributed by atoms with van der Waals surface area (Å²) in [5.41, 5.74) is 4.39. The van der Waals surface area contributed by atoms with E-state index < -0.39 is 5.67 Å². The molecule has 0 spiro atoms. The van der Waals surface area contributed by atoms with E-state index in [4.69, 9.17) is 9.51 Å². The summed E-state index contributed by atoms with van der Waals surface area (Å²) in [6, 6.07) is 2.00. The van der Waals surface area contributed by atoms with Crippen LogP contribution < -0.4 is 0 Å². The smallest absolute Gasteiger partial charge is 0.141 e. The number of hydrogen-bond donors (Lipinski definition) is 0. The molecule has 4 aromatic heterocycles. The van der Waals surface area contributed by atoms with Crippen LogP contribution in [0.1, 0.15) is 30.7 Å². The molecule has 6 nitrogen and oxygen atoms in total. The van der Waals surface area contributed by atoms with Crippen molar-refractivity contribution in [1.29, 1.82) is 0 Å². The van der Waals surface area contributed by atoms with Gasteiger partial charge in [0.25, 0.3) is 0 Å². The molecule has 5 rings (SSSR count). The zero-order chi connectivity index (χ0) is 21.8. The molecule has 0 aromatic carbocycles. The summed E-state index contributed by atoms with van der Waals surface area (Å²) in [6.07, 6.45) is 9.12. The van der Waals surface area contributed by atoms with Crippen molar-refractivity contribution in [3.63, 3.8) is 0 Å². The number of aromatic nitrogens is 5. The van der Waals surface area contributed by atoms with Gasteiger partial charge in [-0.3, -0.25) is 9.67 Å². The maximum Gasteiger partial charge on any atom is 0.141 e. The average molecular weight is 423 g/mol. The summed E-state index contributed by atoms with van der Waals surface area (Å²) < 4.78 is 38.0. The number of alkyl halides is 1. The zero-order valence-corrected chi connectivity index (χ0v) is 17.7. The number of hydrogen-bond acceptors (Lipinski definition) is 4. The molecular formula is C23H23F2N5O. The topological polar surface area (TPSA) is 61.7 Å². The van der Waals surface area contributed by atoms with E-state index in [1.54, 1.807) is 17.1 Å². The highest BCUT2D eigenvalue weighted by Gasteiger charge is 2.33. The van der Waals surface area contributed by atoms with Gasteiger partial charge in [0.05, 0.1) is 35.3 Å². The van der Waals surface area contributed by atoms with Crippen molar-refractivity contribution in [2.45, 2.75) is 45.3 Å². The Hall–Kier alpha value is -3.29. The molecule has 4 heterocycles. The van der Waals surface area contributed by atoms with Crippen LogP contribution in [0.4, 0.5) is 8.78 Å². The van der Waals surface area contributed by atoms with E-state index in [-0.39, 0.29) is 31.6 Å². The first kappa shape index (κ1) is 19.7. The van der Waals surface area contributed by atoms with Gasteiger partial charge in [-0.2, -0.15) is 5.10 Å². The molecule has 1 atom stereocenters. The first-order valence-corrected chi connectivity index (χ1v) is 10.3. The Bertz CT molecular complexity index is 1300. The first-order chi connectivity index (χ1) is 14.8. The predicted molar refractivity (Wildman–Crippen MR) is 114 cm³/mol. The highest BCUT2D eigenvalue weighted by atomic mass is 19.1. The van der Waals surface area contributed by atoms with Gasteiger partial charge in [-0.05, 0) is 32.4 Å². The second-order valence-electron chi connectivity index (χ2n) is 8.37. The molecule has 1 unspecified atom stereocenters. The number of fused-ring (bicyclic) bond motifs is 1. The molecule has 4 aromatic rings. The molecule has 8 heteroatoms. The van der Waals surface area contributed by atoms with E-state index in [0.29, 0.717) is 5.76 Å². The fraction of sp³-hybridized carbons (Fsp3) is 0.348. The summed E-state index contributed by atoms with van der Waals surface area (Å²) in [5, 5.41) is 8.30. The van der Waals surface area contributed by atoms with Crippen molar-refractivity contribution in [3.8, 4) is 22.3 Å². The third-order valence-corrected chi connectivity index (χ3v) is 6.01. The lowest BCUT2D eigenvalue weighted by Crippen LogP contribution is -2.30. The molecule has 0 aliphatic heterocycles. The number of pyridine rings is 1. The van der Waals surface area contributed by atoms with Crippen LogP contribution >= 0.6 is 0 Å². The van der Waals surface area contributed by atoms with E-state index >= 15 is 4.39 Å². The molecule has 0 amide bonds. The molecule has 0 saturated heterocycles. The van der Waals surface area contributed by atoms with Crippen molar-refractivity contribution >= 4 is 11.0 Å². The largest absolute Gasteiger partial charge is 0.361 e. The lowest BCUT2D eigenvalue weighted by Gasteiger charge is -2.27. The van der Waals surface area contributed by atoms with E-state index in [2.05, 4.69) is 10.3 Å².